The highest BCUT2D eigenvalue weighted by atomic mass is 79.9. The number of nitrogens with zero attached hydrogens (tertiary/aromatic N) is 1. The number of halogens is 1. The molecule has 0 saturated carbocycles. The minimum atomic E-state index is 0.482. The molecule has 1 aromatic rings. The van der Waals surface area contributed by atoms with Gasteiger partial charge in [0.25, 0.3) is 0 Å². The second-order valence-electron chi connectivity index (χ2n) is 4.65. The number of benzene rings is 1. The van der Waals surface area contributed by atoms with Gasteiger partial charge in [-0.3, -0.25) is 0 Å². The summed E-state index contributed by atoms with van der Waals surface area (Å²) in [5.74, 6) is 0. The predicted molar refractivity (Wildman–Crippen MR) is 79.1 cm³/mol. The molecule has 0 amide bonds. The van der Waals surface area contributed by atoms with Crippen LogP contribution >= 0.6 is 15.9 Å². The van der Waals surface area contributed by atoms with Crippen molar-refractivity contribution in [2.75, 3.05) is 31.2 Å². The van der Waals surface area contributed by atoms with Crippen molar-refractivity contribution in [3.8, 4) is 0 Å². The average Bonchev–Trinajstić information content (AvgIpc) is 2.39. The number of anilines is 1. The van der Waals surface area contributed by atoms with E-state index in [2.05, 4.69) is 46.0 Å². The largest absolute Gasteiger partial charge is 0.377 e. The minimum absolute atomic E-state index is 0.482. The van der Waals surface area contributed by atoms with Gasteiger partial charge in [0.1, 0.15) is 0 Å². The van der Waals surface area contributed by atoms with Crippen LogP contribution in [0.15, 0.2) is 22.7 Å². The first-order valence-electron chi connectivity index (χ1n) is 6.59. The van der Waals surface area contributed by atoms with Gasteiger partial charge in [0.2, 0.25) is 0 Å². The summed E-state index contributed by atoms with van der Waals surface area (Å²) in [5.41, 5.74) is 8.15. The van der Waals surface area contributed by atoms with Crippen molar-refractivity contribution in [1.29, 1.82) is 0 Å². The van der Waals surface area contributed by atoms with Gasteiger partial charge in [-0.15, -0.1) is 0 Å². The second-order valence-corrected chi connectivity index (χ2v) is 5.51. The Hall–Kier alpha value is -0.580. The van der Waals surface area contributed by atoms with Gasteiger partial charge < -0.3 is 15.4 Å². The van der Waals surface area contributed by atoms with Crippen molar-refractivity contribution in [3.63, 3.8) is 0 Å². The molecule has 1 aliphatic rings. The molecule has 0 spiro atoms. The number of hydrogen-bond acceptors (Lipinski definition) is 3. The zero-order chi connectivity index (χ0) is 13.0. The Morgan fingerprint density at radius 3 is 3.00 bits per heavy atom. The van der Waals surface area contributed by atoms with E-state index >= 15 is 0 Å². The van der Waals surface area contributed by atoms with Crippen LogP contribution < -0.4 is 10.6 Å². The van der Waals surface area contributed by atoms with Crippen LogP contribution in [0.4, 0.5) is 5.69 Å². The van der Waals surface area contributed by atoms with Crippen LogP contribution in [0.5, 0.6) is 0 Å². The fraction of sp³-hybridized carbons (Fsp3) is 0.571. The standard InChI is InChI=1S/C14H21BrN2O/c1-2-12-10-18-8-7-17(12)14-4-3-11(5-6-16)9-13(14)15/h3-4,9,12H,2,5-8,10,16H2,1H3. The maximum atomic E-state index is 5.59. The van der Waals surface area contributed by atoms with E-state index in [1.165, 1.54) is 11.3 Å². The van der Waals surface area contributed by atoms with Crippen LogP contribution in [0.2, 0.25) is 0 Å². The molecule has 4 heteroatoms. The molecule has 0 aliphatic carbocycles. The minimum Gasteiger partial charge on any atom is -0.377 e. The Labute approximate surface area is 117 Å². The maximum Gasteiger partial charge on any atom is 0.0670 e. The molecular formula is C14H21BrN2O. The van der Waals surface area contributed by atoms with Gasteiger partial charge >= 0.3 is 0 Å². The van der Waals surface area contributed by atoms with Gasteiger partial charge in [-0.2, -0.15) is 0 Å². The van der Waals surface area contributed by atoms with Crippen molar-refractivity contribution >= 4 is 21.6 Å². The topological polar surface area (TPSA) is 38.5 Å². The van der Waals surface area contributed by atoms with Crippen molar-refractivity contribution in [2.24, 2.45) is 5.73 Å². The predicted octanol–water partition coefficient (Wildman–Crippen LogP) is 2.57. The third-order valence-electron chi connectivity index (χ3n) is 3.45. The summed E-state index contributed by atoms with van der Waals surface area (Å²) in [7, 11) is 0. The summed E-state index contributed by atoms with van der Waals surface area (Å²) in [6.07, 6.45) is 2.04. The lowest BCUT2D eigenvalue weighted by atomic mass is 10.1. The number of rotatable bonds is 4. The number of morpholine rings is 1. The molecule has 1 atom stereocenters. The van der Waals surface area contributed by atoms with Crippen molar-refractivity contribution < 1.29 is 4.74 Å². The fourth-order valence-electron chi connectivity index (χ4n) is 2.42. The highest BCUT2D eigenvalue weighted by molar-refractivity contribution is 9.10. The van der Waals surface area contributed by atoms with Crippen molar-refractivity contribution in [1.82, 2.24) is 0 Å². The second kappa shape index (κ2) is 6.55. The van der Waals surface area contributed by atoms with Gasteiger partial charge in [-0.25, -0.2) is 0 Å². The number of nitrogens with two attached hydrogens (primary N) is 1. The molecule has 1 aromatic carbocycles. The Morgan fingerprint density at radius 1 is 1.50 bits per heavy atom. The first-order valence-corrected chi connectivity index (χ1v) is 7.38. The summed E-state index contributed by atoms with van der Waals surface area (Å²) in [6.45, 7) is 5.51. The maximum absolute atomic E-state index is 5.59. The highest BCUT2D eigenvalue weighted by Gasteiger charge is 2.23. The van der Waals surface area contributed by atoms with E-state index in [0.717, 1.165) is 37.1 Å². The summed E-state index contributed by atoms with van der Waals surface area (Å²) >= 11 is 3.69. The van der Waals surface area contributed by atoms with E-state index in [-0.39, 0.29) is 0 Å². The SMILES string of the molecule is CCC1COCCN1c1ccc(CCN)cc1Br. The first-order chi connectivity index (χ1) is 8.76. The van der Waals surface area contributed by atoms with E-state index in [1.54, 1.807) is 0 Å². The average molecular weight is 313 g/mol. The van der Waals surface area contributed by atoms with E-state index in [9.17, 15) is 0 Å². The van der Waals surface area contributed by atoms with Gasteiger partial charge in [0, 0.05) is 11.0 Å². The molecule has 1 fully saturated rings. The first kappa shape index (κ1) is 13.8. The van der Waals surface area contributed by atoms with E-state index in [1.807, 2.05) is 0 Å². The van der Waals surface area contributed by atoms with Crippen LogP contribution in [0.3, 0.4) is 0 Å². The van der Waals surface area contributed by atoms with Crippen LogP contribution in [0, 0.1) is 0 Å². The molecule has 3 nitrogen and oxygen atoms in total. The lowest BCUT2D eigenvalue weighted by Gasteiger charge is -2.37. The Balaban J connectivity index is 2.21. The smallest absolute Gasteiger partial charge is 0.0670 e. The summed E-state index contributed by atoms with van der Waals surface area (Å²) in [4.78, 5) is 2.44. The van der Waals surface area contributed by atoms with Gasteiger partial charge in [0.05, 0.1) is 24.9 Å². The van der Waals surface area contributed by atoms with Gasteiger partial charge in [-0.05, 0) is 53.0 Å². The monoisotopic (exact) mass is 312 g/mol. The van der Waals surface area contributed by atoms with Crippen molar-refractivity contribution in [3.05, 3.63) is 28.2 Å². The molecule has 1 unspecified atom stereocenters. The van der Waals surface area contributed by atoms with E-state index < -0.39 is 0 Å². The normalized spacial score (nSPS) is 20.2. The highest BCUT2D eigenvalue weighted by Crippen LogP contribution is 2.30. The lowest BCUT2D eigenvalue weighted by Crippen LogP contribution is -2.45. The summed E-state index contributed by atoms with van der Waals surface area (Å²) in [6, 6.07) is 7.04. The third-order valence-corrected chi connectivity index (χ3v) is 4.09. The molecule has 18 heavy (non-hydrogen) atoms. The zero-order valence-corrected chi connectivity index (χ0v) is 12.4. The van der Waals surface area contributed by atoms with E-state index in [0.29, 0.717) is 12.6 Å². The molecule has 2 rings (SSSR count). The zero-order valence-electron chi connectivity index (χ0n) is 10.9. The van der Waals surface area contributed by atoms with E-state index in [4.69, 9.17) is 10.5 Å². The van der Waals surface area contributed by atoms with Gasteiger partial charge in [0.15, 0.2) is 0 Å². The van der Waals surface area contributed by atoms with Crippen LogP contribution in [0.1, 0.15) is 18.9 Å². The molecule has 2 N–H and O–H groups in total. The van der Waals surface area contributed by atoms with Crippen LogP contribution in [-0.2, 0) is 11.2 Å². The molecular weight excluding hydrogens is 292 g/mol. The summed E-state index contributed by atoms with van der Waals surface area (Å²) in [5, 5.41) is 0. The lowest BCUT2D eigenvalue weighted by molar-refractivity contribution is 0.0929. The number of hydrogen-bond donors (Lipinski definition) is 1. The molecule has 0 aromatic heterocycles. The molecule has 1 saturated heterocycles. The van der Waals surface area contributed by atoms with Crippen molar-refractivity contribution in [2.45, 2.75) is 25.8 Å². The Morgan fingerprint density at radius 2 is 2.33 bits per heavy atom. The summed E-state index contributed by atoms with van der Waals surface area (Å²) < 4.78 is 6.71. The van der Waals surface area contributed by atoms with Crippen LogP contribution in [-0.4, -0.2) is 32.3 Å². The molecule has 100 valence electrons. The van der Waals surface area contributed by atoms with Crippen LogP contribution in [0.25, 0.3) is 0 Å². The Kier molecular flexibility index (Phi) is 5.03. The quantitative estimate of drug-likeness (QED) is 0.928. The molecule has 0 bridgehead atoms. The molecule has 1 heterocycles. The fourth-order valence-corrected chi connectivity index (χ4v) is 3.07. The molecule has 0 radical (unpaired) electrons. The Bertz CT molecular complexity index is 397. The third kappa shape index (κ3) is 3.05. The number of ether oxygens (including phenoxy) is 1. The molecule has 1 aliphatic heterocycles. The van der Waals surface area contributed by atoms with Gasteiger partial charge in [-0.1, -0.05) is 13.0 Å².